The van der Waals surface area contributed by atoms with Gasteiger partial charge in [-0.1, -0.05) is 60.7 Å². The van der Waals surface area contributed by atoms with Crippen molar-refractivity contribution in [3.8, 4) is 5.75 Å². The Morgan fingerprint density at radius 2 is 1.74 bits per heavy atom. The Hall–Kier alpha value is -2.81. The van der Waals surface area contributed by atoms with Crippen LogP contribution in [0.5, 0.6) is 5.75 Å². The van der Waals surface area contributed by atoms with E-state index in [1.165, 1.54) is 0 Å². The molecular weight excluding hydrogens is 288 g/mol. The lowest BCUT2D eigenvalue weighted by molar-refractivity contribution is -0.132. The zero-order valence-corrected chi connectivity index (χ0v) is 13.3. The first-order valence-corrected chi connectivity index (χ1v) is 7.39. The van der Waals surface area contributed by atoms with Gasteiger partial charge in [-0.05, 0) is 30.2 Å². The third-order valence-corrected chi connectivity index (χ3v) is 3.56. The molecular formula is C20H20O3. The molecule has 0 radical (unpaired) electrons. The highest BCUT2D eigenvalue weighted by molar-refractivity contribution is 5.86. The number of methoxy groups -OCH3 is 1. The molecule has 2 rings (SSSR count). The van der Waals surface area contributed by atoms with Gasteiger partial charge >= 0.3 is 5.97 Å². The highest BCUT2D eigenvalue weighted by Crippen LogP contribution is 2.24. The van der Waals surface area contributed by atoms with Crippen LogP contribution >= 0.6 is 0 Å². The molecule has 23 heavy (non-hydrogen) atoms. The third-order valence-electron chi connectivity index (χ3n) is 3.56. The zero-order chi connectivity index (χ0) is 16.7. The van der Waals surface area contributed by atoms with Gasteiger partial charge < -0.3 is 9.84 Å². The number of allylic oxidation sites excluding steroid dienone is 2. The predicted octanol–water partition coefficient (Wildman–Crippen LogP) is 4.52. The molecule has 0 amide bonds. The topological polar surface area (TPSA) is 46.5 Å². The summed E-state index contributed by atoms with van der Waals surface area (Å²) in [5.41, 5.74) is 2.41. The van der Waals surface area contributed by atoms with Crippen molar-refractivity contribution in [3.63, 3.8) is 0 Å². The lowest BCUT2D eigenvalue weighted by Crippen LogP contribution is -2.00. The Labute approximate surface area is 136 Å². The highest BCUT2D eigenvalue weighted by Gasteiger charge is 2.09. The SMILES string of the molecule is COc1ccc(C(C=Cc2ccccc2)C=C(C)C(=O)O)cc1. The molecule has 3 heteroatoms. The van der Waals surface area contributed by atoms with Gasteiger partial charge in [0.1, 0.15) is 5.75 Å². The van der Waals surface area contributed by atoms with Gasteiger partial charge in [-0.3, -0.25) is 0 Å². The molecule has 1 atom stereocenters. The second-order valence-electron chi connectivity index (χ2n) is 5.22. The normalized spacial score (nSPS) is 13.0. The van der Waals surface area contributed by atoms with Crippen LogP contribution in [0.3, 0.4) is 0 Å². The Kier molecular flexibility index (Phi) is 5.75. The molecule has 0 bridgehead atoms. The van der Waals surface area contributed by atoms with Crippen molar-refractivity contribution < 1.29 is 14.6 Å². The number of carboxylic acid groups (broad SMARTS) is 1. The Balaban J connectivity index is 2.32. The zero-order valence-electron chi connectivity index (χ0n) is 13.3. The predicted molar refractivity (Wildman–Crippen MR) is 92.6 cm³/mol. The van der Waals surface area contributed by atoms with Crippen molar-refractivity contribution in [1.29, 1.82) is 0 Å². The van der Waals surface area contributed by atoms with E-state index in [0.29, 0.717) is 5.57 Å². The van der Waals surface area contributed by atoms with E-state index in [0.717, 1.165) is 16.9 Å². The Morgan fingerprint density at radius 3 is 2.30 bits per heavy atom. The molecule has 0 aromatic heterocycles. The summed E-state index contributed by atoms with van der Waals surface area (Å²) in [5.74, 6) is -0.243. The summed E-state index contributed by atoms with van der Waals surface area (Å²) in [6.45, 7) is 1.61. The molecule has 118 valence electrons. The molecule has 0 aliphatic rings. The number of carboxylic acids is 1. The number of hydrogen-bond donors (Lipinski definition) is 1. The minimum atomic E-state index is -0.906. The molecule has 0 saturated carbocycles. The fraction of sp³-hybridized carbons (Fsp3) is 0.150. The van der Waals surface area contributed by atoms with Crippen LogP contribution in [-0.4, -0.2) is 18.2 Å². The Bertz CT molecular complexity index is 697. The number of ether oxygens (including phenoxy) is 1. The molecule has 1 unspecified atom stereocenters. The standard InChI is InChI=1S/C20H20O3/c1-15(20(21)22)14-18(9-8-16-6-4-3-5-7-16)17-10-12-19(23-2)13-11-17/h3-14,18H,1-2H3,(H,21,22). The minimum Gasteiger partial charge on any atom is -0.497 e. The summed E-state index contributed by atoms with van der Waals surface area (Å²) in [7, 11) is 1.62. The minimum absolute atomic E-state index is 0.114. The summed E-state index contributed by atoms with van der Waals surface area (Å²) >= 11 is 0. The molecule has 3 nitrogen and oxygen atoms in total. The van der Waals surface area contributed by atoms with Crippen molar-refractivity contribution in [2.75, 3.05) is 7.11 Å². The number of carbonyl (C=O) groups is 1. The largest absolute Gasteiger partial charge is 0.497 e. The Morgan fingerprint density at radius 1 is 1.09 bits per heavy atom. The van der Waals surface area contributed by atoms with Crippen molar-refractivity contribution in [3.05, 3.63) is 83.4 Å². The molecule has 1 N–H and O–H groups in total. The van der Waals surface area contributed by atoms with Gasteiger partial charge in [0, 0.05) is 11.5 Å². The lowest BCUT2D eigenvalue weighted by atomic mass is 9.95. The van der Waals surface area contributed by atoms with Gasteiger partial charge in [-0.25, -0.2) is 4.79 Å². The van der Waals surface area contributed by atoms with Crippen LogP contribution in [0.2, 0.25) is 0 Å². The smallest absolute Gasteiger partial charge is 0.330 e. The number of benzene rings is 2. The fourth-order valence-corrected chi connectivity index (χ4v) is 2.21. The molecule has 0 aliphatic heterocycles. The summed E-state index contributed by atoms with van der Waals surface area (Å²) in [4.78, 5) is 11.1. The van der Waals surface area contributed by atoms with Crippen molar-refractivity contribution in [2.45, 2.75) is 12.8 Å². The van der Waals surface area contributed by atoms with Gasteiger partial charge in [0.15, 0.2) is 0 Å². The van der Waals surface area contributed by atoms with Crippen LogP contribution in [0.25, 0.3) is 6.08 Å². The molecule has 0 heterocycles. The van der Waals surface area contributed by atoms with E-state index in [9.17, 15) is 4.79 Å². The van der Waals surface area contributed by atoms with E-state index in [2.05, 4.69) is 0 Å². The first-order valence-electron chi connectivity index (χ1n) is 7.39. The number of hydrogen-bond acceptors (Lipinski definition) is 2. The van der Waals surface area contributed by atoms with Crippen LogP contribution in [0, 0.1) is 0 Å². The molecule has 2 aromatic rings. The summed E-state index contributed by atoms with van der Waals surface area (Å²) < 4.78 is 5.17. The van der Waals surface area contributed by atoms with Crippen molar-refractivity contribution in [1.82, 2.24) is 0 Å². The first kappa shape index (κ1) is 16.6. The monoisotopic (exact) mass is 308 g/mol. The molecule has 0 aliphatic carbocycles. The van der Waals surface area contributed by atoms with E-state index in [4.69, 9.17) is 9.84 Å². The van der Waals surface area contributed by atoms with Crippen LogP contribution in [0.4, 0.5) is 0 Å². The number of rotatable bonds is 6. The van der Waals surface area contributed by atoms with Gasteiger partial charge in [0.05, 0.1) is 7.11 Å². The van der Waals surface area contributed by atoms with E-state index in [-0.39, 0.29) is 5.92 Å². The average Bonchev–Trinajstić information content (AvgIpc) is 2.59. The van der Waals surface area contributed by atoms with E-state index >= 15 is 0 Å². The molecule has 0 spiro atoms. The van der Waals surface area contributed by atoms with Crippen LogP contribution < -0.4 is 4.74 Å². The quantitative estimate of drug-likeness (QED) is 0.798. The molecule has 0 saturated heterocycles. The maximum Gasteiger partial charge on any atom is 0.330 e. The highest BCUT2D eigenvalue weighted by atomic mass is 16.5. The van der Waals surface area contributed by atoms with Gasteiger partial charge in [-0.2, -0.15) is 0 Å². The first-order chi connectivity index (χ1) is 11.1. The maximum atomic E-state index is 11.1. The van der Waals surface area contributed by atoms with Crippen molar-refractivity contribution >= 4 is 12.0 Å². The van der Waals surface area contributed by atoms with Gasteiger partial charge in [-0.15, -0.1) is 0 Å². The van der Waals surface area contributed by atoms with Gasteiger partial charge in [0.25, 0.3) is 0 Å². The fourth-order valence-electron chi connectivity index (χ4n) is 2.21. The molecule has 0 fully saturated rings. The summed E-state index contributed by atoms with van der Waals surface area (Å²) in [6.07, 6.45) is 5.76. The van der Waals surface area contributed by atoms with Crippen LogP contribution in [0.15, 0.2) is 72.3 Å². The van der Waals surface area contributed by atoms with Crippen molar-refractivity contribution in [2.24, 2.45) is 0 Å². The maximum absolute atomic E-state index is 11.1. The van der Waals surface area contributed by atoms with E-state index in [1.54, 1.807) is 20.1 Å². The van der Waals surface area contributed by atoms with E-state index in [1.807, 2.05) is 66.7 Å². The second-order valence-corrected chi connectivity index (χ2v) is 5.22. The van der Waals surface area contributed by atoms with Crippen LogP contribution in [0.1, 0.15) is 24.0 Å². The average molecular weight is 308 g/mol. The summed E-state index contributed by atoms with van der Waals surface area (Å²) in [6, 6.07) is 17.6. The second kappa shape index (κ2) is 7.99. The van der Waals surface area contributed by atoms with Crippen LogP contribution in [-0.2, 0) is 4.79 Å². The van der Waals surface area contributed by atoms with Gasteiger partial charge in [0.2, 0.25) is 0 Å². The number of aliphatic carboxylic acids is 1. The molecule has 2 aromatic carbocycles. The third kappa shape index (κ3) is 4.85. The van der Waals surface area contributed by atoms with E-state index < -0.39 is 5.97 Å². The lowest BCUT2D eigenvalue weighted by Gasteiger charge is -2.11. The summed E-state index contributed by atoms with van der Waals surface area (Å²) in [5, 5.41) is 9.13.